The Morgan fingerprint density at radius 1 is 0.344 bits per heavy atom. The van der Waals surface area contributed by atoms with Crippen molar-refractivity contribution in [3.05, 3.63) is 84.9 Å². The number of hydrogen-bond donors (Lipinski definition) is 0. The van der Waals surface area contributed by atoms with E-state index in [9.17, 15) is 0 Å². The average Bonchev–Trinajstić information content (AvgIpc) is 2.80. The molecule has 0 aliphatic heterocycles. The van der Waals surface area contributed by atoms with E-state index in [1.54, 1.807) is 0 Å². The van der Waals surface area contributed by atoms with E-state index >= 15 is 0 Å². The monoisotopic (exact) mass is 430 g/mol. The van der Waals surface area contributed by atoms with Gasteiger partial charge in [0.1, 0.15) is 0 Å². The van der Waals surface area contributed by atoms with Crippen LogP contribution in [0.5, 0.6) is 0 Å². The van der Waals surface area contributed by atoms with Gasteiger partial charge >= 0.3 is 0 Å². The topological polar surface area (TPSA) is 0 Å². The van der Waals surface area contributed by atoms with Crippen LogP contribution in [0, 0.1) is 0 Å². The van der Waals surface area contributed by atoms with Crippen LogP contribution >= 0.6 is 0 Å². The molecule has 4 aromatic rings. The van der Waals surface area contributed by atoms with Crippen molar-refractivity contribution >= 4 is 21.5 Å². The van der Waals surface area contributed by atoms with Gasteiger partial charge in [-0.25, -0.2) is 0 Å². The third kappa shape index (κ3) is 10.1. The van der Waals surface area contributed by atoms with Gasteiger partial charge in [0, 0.05) is 0 Å². The van der Waals surface area contributed by atoms with Gasteiger partial charge in [-0.3, -0.25) is 0 Å². The number of hydrogen-bond acceptors (Lipinski definition) is 0. The molecule has 0 aliphatic carbocycles. The second-order valence-electron chi connectivity index (χ2n) is 7.88. The summed E-state index contributed by atoms with van der Waals surface area (Å²) < 4.78 is 0. The van der Waals surface area contributed by atoms with Crippen LogP contribution in [0.25, 0.3) is 32.7 Å². The summed E-state index contributed by atoms with van der Waals surface area (Å²) in [5, 5.41) is 5.20. The van der Waals surface area contributed by atoms with Crippen molar-refractivity contribution in [2.45, 2.75) is 81.1 Å². The van der Waals surface area contributed by atoms with E-state index in [2.05, 4.69) is 140 Å². The van der Waals surface area contributed by atoms with Crippen molar-refractivity contribution in [1.29, 1.82) is 0 Å². The number of fused-ring (bicyclic) bond motifs is 2. The fourth-order valence-electron chi connectivity index (χ4n) is 2.92. The van der Waals surface area contributed by atoms with E-state index in [1.165, 1.54) is 58.4 Å². The Morgan fingerprint density at radius 3 is 0.906 bits per heavy atom. The Morgan fingerprint density at radius 2 is 0.594 bits per heavy atom. The summed E-state index contributed by atoms with van der Waals surface area (Å²) in [7, 11) is 0. The summed E-state index contributed by atoms with van der Waals surface area (Å²) in [6.07, 6.45) is 5.00. The summed E-state index contributed by atoms with van der Waals surface area (Å²) in [6.45, 7) is 17.0. The molecule has 174 valence electrons. The SMILES string of the molecule is CCC.CCC.CCC.CCC.c1ccc2c(-c3cccc4ccccc34)cccc2c1. The molecule has 0 aliphatic rings. The minimum absolute atomic E-state index is 1.25. The largest absolute Gasteiger partial charge is 0.0656 e. The van der Waals surface area contributed by atoms with Crippen molar-refractivity contribution in [2.75, 3.05) is 0 Å². The quantitative estimate of drug-likeness (QED) is 0.281. The lowest BCUT2D eigenvalue weighted by molar-refractivity contribution is 1.09. The number of benzene rings is 4. The first kappa shape index (κ1) is 29.4. The normalized spacial score (nSPS) is 9.12. The molecule has 4 rings (SSSR count). The number of rotatable bonds is 1. The van der Waals surface area contributed by atoms with Gasteiger partial charge in [-0.05, 0) is 32.7 Å². The van der Waals surface area contributed by atoms with E-state index < -0.39 is 0 Å². The maximum absolute atomic E-state index is 2.21. The molecule has 0 unspecified atom stereocenters. The Hall–Kier alpha value is -2.60. The first-order valence-corrected chi connectivity index (χ1v) is 12.5. The molecule has 0 saturated heterocycles. The molecule has 0 amide bonds. The Kier molecular flexibility index (Phi) is 17.6. The molecule has 0 nitrogen and oxygen atoms in total. The zero-order chi connectivity index (χ0) is 24.2. The van der Waals surface area contributed by atoms with E-state index in [-0.39, 0.29) is 0 Å². The predicted molar refractivity (Wildman–Crippen MR) is 151 cm³/mol. The van der Waals surface area contributed by atoms with Crippen LogP contribution in [0.4, 0.5) is 0 Å². The third-order valence-electron chi connectivity index (χ3n) is 3.87. The zero-order valence-electron chi connectivity index (χ0n) is 21.9. The fraction of sp³-hybridized carbons (Fsp3) is 0.375. The highest BCUT2D eigenvalue weighted by molar-refractivity contribution is 6.05. The second kappa shape index (κ2) is 19.1. The lowest BCUT2D eigenvalue weighted by atomic mass is 9.94. The predicted octanol–water partition coefficient (Wildman–Crippen LogP) is 11.3. The maximum Gasteiger partial charge on any atom is -0.00992 e. The lowest BCUT2D eigenvalue weighted by Gasteiger charge is -2.10. The molecular weight excluding hydrogens is 384 g/mol. The van der Waals surface area contributed by atoms with E-state index in [0.29, 0.717) is 0 Å². The molecule has 0 N–H and O–H groups in total. The maximum atomic E-state index is 2.21. The molecule has 0 radical (unpaired) electrons. The summed E-state index contributed by atoms with van der Waals surface area (Å²) >= 11 is 0. The Balaban J connectivity index is 0.000000680. The highest BCUT2D eigenvalue weighted by atomic mass is 14.1. The first-order chi connectivity index (χ1) is 15.6. The van der Waals surface area contributed by atoms with Gasteiger partial charge in [0.05, 0.1) is 0 Å². The Labute approximate surface area is 198 Å². The molecule has 0 saturated carbocycles. The van der Waals surface area contributed by atoms with Gasteiger partial charge in [-0.1, -0.05) is 166 Å². The fourth-order valence-corrected chi connectivity index (χ4v) is 2.92. The van der Waals surface area contributed by atoms with Crippen LogP contribution in [0.2, 0.25) is 0 Å². The Bertz CT molecular complexity index is 870. The molecule has 0 spiro atoms. The van der Waals surface area contributed by atoms with Crippen molar-refractivity contribution in [3.63, 3.8) is 0 Å². The zero-order valence-corrected chi connectivity index (χ0v) is 21.9. The van der Waals surface area contributed by atoms with Crippen LogP contribution < -0.4 is 0 Å². The highest BCUT2D eigenvalue weighted by Crippen LogP contribution is 2.33. The second-order valence-corrected chi connectivity index (χ2v) is 7.88. The summed E-state index contributed by atoms with van der Waals surface area (Å²) in [6, 6.07) is 30.2. The summed E-state index contributed by atoms with van der Waals surface area (Å²) in [5.41, 5.74) is 2.61. The minimum atomic E-state index is 1.25. The van der Waals surface area contributed by atoms with Crippen molar-refractivity contribution in [3.8, 4) is 11.1 Å². The van der Waals surface area contributed by atoms with E-state index in [1.807, 2.05) is 0 Å². The molecule has 0 aromatic heterocycles. The molecule has 0 fully saturated rings. The molecule has 4 aromatic carbocycles. The standard InChI is InChI=1S/C20H14.4C3H8/c1-3-11-17-15(7-1)9-5-13-19(17)20-14-6-10-16-8-2-4-12-18(16)20;4*1-3-2/h1-14H;4*3H2,1-2H3. The third-order valence-corrected chi connectivity index (χ3v) is 3.87. The first-order valence-electron chi connectivity index (χ1n) is 12.5. The molecule has 0 atom stereocenters. The van der Waals surface area contributed by atoms with Gasteiger partial charge in [0.2, 0.25) is 0 Å². The van der Waals surface area contributed by atoms with Crippen molar-refractivity contribution < 1.29 is 0 Å². The van der Waals surface area contributed by atoms with Gasteiger partial charge in [-0.2, -0.15) is 0 Å². The minimum Gasteiger partial charge on any atom is -0.0656 e. The van der Waals surface area contributed by atoms with Crippen LogP contribution in [-0.4, -0.2) is 0 Å². The van der Waals surface area contributed by atoms with E-state index in [4.69, 9.17) is 0 Å². The van der Waals surface area contributed by atoms with Crippen LogP contribution in [0.15, 0.2) is 84.9 Å². The highest BCUT2D eigenvalue weighted by Gasteiger charge is 2.06. The smallest absolute Gasteiger partial charge is 0.00992 e. The van der Waals surface area contributed by atoms with Crippen LogP contribution in [-0.2, 0) is 0 Å². The van der Waals surface area contributed by atoms with Gasteiger partial charge < -0.3 is 0 Å². The van der Waals surface area contributed by atoms with Crippen molar-refractivity contribution in [2.24, 2.45) is 0 Å². The molecule has 0 heterocycles. The lowest BCUT2D eigenvalue weighted by Crippen LogP contribution is -1.83. The molecule has 0 bridgehead atoms. The molecule has 32 heavy (non-hydrogen) atoms. The average molecular weight is 431 g/mol. The molecule has 0 heteroatoms. The van der Waals surface area contributed by atoms with Crippen molar-refractivity contribution in [1.82, 2.24) is 0 Å². The van der Waals surface area contributed by atoms with Crippen LogP contribution in [0.1, 0.15) is 81.1 Å². The van der Waals surface area contributed by atoms with Gasteiger partial charge in [-0.15, -0.1) is 0 Å². The van der Waals surface area contributed by atoms with Crippen LogP contribution in [0.3, 0.4) is 0 Å². The van der Waals surface area contributed by atoms with E-state index in [0.717, 1.165) is 0 Å². The summed E-state index contributed by atoms with van der Waals surface area (Å²) in [4.78, 5) is 0. The van der Waals surface area contributed by atoms with Gasteiger partial charge in [0.25, 0.3) is 0 Å². The summed E-state index contributed by atoms with van der Waals surface area (Å²) in [5.74, 6) is 0. The molecular formula is C32H46. The van der Waals surface area contributed by atoms with Gasteiger partial charge in [0.15, 0.2) is 0 Å².